The van der Waals surface area contributed by atoms with Crippen molar-refractivity contribution >= 4 is 5.97 Å². The summed E-state index contributed by atoms with van der Waals surface area (Å²) in [6.07, 6.45) is 3.56. The van der Waals surface area contributed by atoms with E-state index in [0.29, 0.717) is 12.4 Å². The number of hydrogen-bond acceptors (Lipinski definition) is 4. The van der Waals surface area contributed by atoms with Crippen LogP contribution in [0.2, 0.25) is 0 Å². The van der Waals surface area contributed by atoms with Crippen LogP contribution in [0.5, 0.6) is 0 Å². The minimum atomic E-state index is -0.312. The van der Waals surface area contributed by atoms with Crippen LogP contribution >= 0.6 is 0 Å². The fourth-order valence-corrected chi connectivity index (χ4v) is 1.38. The molecule has 0 N–H and O–H groups in total. The van der Waals surface area contributed by atoms with Crippen molar-refractivity contribution in [3.8, 4) is 0 Å². The van der Waals surface area contributed by atoms with E-state index in [1.54, 1.807) is 0 Å². The molecule has 0 fully saturated rings. The van der Waals surface area contributed by atoms with Gasteiger partial charge in [-0.25, -0.2) is 4.79 Å². The summed E-state index contributed by atoms with van der Waals surface area (Å²) < 4.78 is 15.4. The molecule has 0 spiro atoms. The molecule has 1 aliphatic heterocycles. The van der Waals surface area contributed by atoms with Crippen molar-refractivity contribution in [3.63, 3.8) is 0 Å². The van der Waals surface area contributed by atoms with Crippen LogP contribution in [0.3, 0.4) is 0 Å². The maximum Gasteiger partial charge on any atom is 0.334 e. The Balaban J connectivity index is 2.02. The predicted octanol–water partition coefficient (Wildman–Crippen LogP) is 1.65. The molecule has 0 radical (unpaired) electrons. The van der Waals surface area contributed by atoms with Crippen LogP contribution in [0.1, 0.15) is 26.7 Å². The van der Waals surface area contributed by atoms with Gasteiger partial charge in [-0.15, -0.1) is 0 Å². The van der Waals surface area contributed by atoms with E-state index >= 15 is 0 Å². The van der Waals surface area contributed by atoms with Gasteiger partial charge in [-0.2, -0.15) is 0 Å². The molecule has 1 unspecified atom stereocenters. The molecule has 1 heterocycles. The van der Waals surface area contributed by atoms with Crippen LogP contribution in [0, 0.1) is 0 Å². The Morgan fingerprint density at radius 2 is 2.40 bits per heavy atom. The number of hydrogen-bond donors (Lipinski definition) is 0. The van der Waals surface area contributed by atoms with Gasteiger partial charge >= 0.3 is 5.97 Å². The van der Waals surface area contributed by atoms with Gasteiger partial charge in [0.2, 0.25) is 0 Å². The zero-order chi connectivity index (χ0) is 11.1. The summed E-state index contributed by atoms with van der Waals surface area (Å²) in [5.41, 5.74) is 0. The van der Waals surface area contributed by atoms with Crippen LogP contribution in [0.25, 0.3) is 0 Å². The number of carbonyl (C=O) groups is 1. The van der Waals surface area contributed by atoms with E-state index in [2.05, 4.69) is 0 Å². The molecule has 1 aliphatic rings. The molecule has 0 amide bonds. The number of rotatable bonds is 7. The lowest BCUT2D eigenvalue weighted by molar-refractivity contribution is -0.135. The smallest absolute Gasteiger partial charge is 0.334 e. The van der Waals surface area contributed by atoms with E-state index < -0.39 is 0 Å². The minimum Gasteiger partial charge on any atom is -0.494 e. The van der Waals surface area contributed by atoms with Crippen molar-refractivity contribution in [3.05, 3.63) is 11.8 Å². The molecular weight excluding hydrogens is 196 g/mol. The third-order valence-corrected chi connectivity index (χ3v) is 2.13. The molecule has 0 aromatic heterocycles. The lowest BCUT2D eigenvalue weighted by Gasteiger charge is -2.11. The summed E-state index contributed by atoms with van der Waals surface area (Å²) >= 11 is 0. The van der Waals surface area contributed by atoms with Gasteiger partial charge in [-0.05, 0) is 26.7 Å². The summed E-state index contributed by atoms with van der Waals surface area (Å²) in [4.78, 5) is 10.7. The first-order valence-corrected chi connectivity index (χ1v) is 5.34. The first-order chi connectivity index (χ1) is 7.22. The SMILES string of the molecule is CCOC(C)CCCOC1=CC(=O)OC1. The van der Waals surface area contributed by atoms with Crippen molar-refractivity contribution < 1.29 is 19.0 Å². The molecule has 1 atom stereocenters. The Kier molecular flexibility index (Phi) is 5.18. The Morgan fingerprint density at radius 1 is 1.60 bits per heavy atom. The molecule has 0 aromatic carbocycles. The monoisotopic (exact) mass is 214 g/mol. The highest BCUT2D eigenvalue weighted by atomic mass is 16.6. The normalized spacial score (nSPS) is 17.2. The predicted molar refractivity (Wildman–Crippen MR) is 55.3 cm³/mol. The molecule has 4 heteroatoms. The zero-order valence-corrected chi connectivity index (χ0v) is 9.32. The molecule has 0 aromatic rings. The molecule has 1 rings (SSSR count). The second-order valence-electron chi connectivity index (χ2n) is 3.48. The number of carbonyl (C=O) groups excluding carboxylic acids is 1. The van der Waals surface area contributed by atoms with Crippen molar-refractivity contribution in [2.24, 2.45) is 0 Å². The van der Waals surface area contributed by atoms with E-state index in [4.69, 9.17) is 14.2 Å². The van der Waals surface area contributed by atoms with Crippen LogP contribution in [-0.4, -0.2) is 31.9 Å². The Labute approximate surface area is 90.2 Å². The lowest BCUT2D eigenvalue weighted by Crippen LogP contribution is -2.09. The molecule has 0 saturated carbocycles. The summed E-state index contributed by atoms with van der Waals surface area (Å²) in [6.45, 7) is 5.67. The van der Waals surface area contributed by atoms with Crippen LogP contribution < -0.4 is 0 Å². The molecule has 15 heavy (non-hydrogen) atoms. The van der Waals surface area contributed by atoms with Gasteiger partial charge in [0.15, 0.2) is 0 Å². The molecule has 86 valence electrons. The summed E-state index contributed by atoms with van der Waals surface area (Å²) in [7, 11) is 0. The Morgan fingerprint density at radius 3 is 3.00 bits per heavy atom. The first kappa shape index (κ1) is 12.0. The van der Waals surface area contributed by atoms with E-state index in [0.717, 1.165) is 19.4 Å². The van der Waals surface area contributed by atoms with Crippen LogP contribution in [0.15, 0.2) is 11.8 Å². The minimum absolute atomic E-state index is 0.272. The molecular formula is C11H18O4. The summed E-state index contributed by atoms with van der Waals surface area (Å²) in [6, 6.07) is 0. The number of esters is 1. The Bertz CT molecular complexity index is 235. The van der Waals surface area contributed by atoms with Gasteiger partial charge in [0, 0.05) is 6.61 Å². The highest BCUT2D eigenvalue weighted by molar-refractivity contribution is 5.84. The van der Waals surface area contributed by atoms with Gasteiger partial charge in [0.05, 0.1) is 18.8 Å². The lowest BCUT2D eigenvalue weighted by atomic mass is 10.2. The third-order valence-electron chi connectivity index (χ3n) is 2.13. The van der Waals surface area contributed by atoms with Crippen LogP contribution in [-0.2, 0) is 19.0 Å². The van der Waals surface area contributed by atoms with Gasteiger partial charge in [0.25, 0.3) is 0 Å². The van der Waals surface area contributed by atoms with Crippen molar-refractivity contribution in [2.45, 2.75) is 32.8 Å². The summed E-state index contributed by atoms with van der Waals surface area (Å²) in [5, 5.41) is 0. The van der Waals surface area contributed by atoms with E-state index in [-0.39, 0.29) is 18.7 Å². The van der Waals surface area contributed by atoms with Crippen molar-refractivity contribution in [1.82, 2.24) is 0 Å². The Hall–Kier alpha value is -1.03. The second kappa shape index (κ2) is 6.45. The van der Waals surface area contributed by atoms with Gasteiger partial charge < -0.3 is 14.2 Å². The molecule has 0 bridgehead atoms. The second-order valence-corrected chi connectivity index (χ2v) is 3.48. The average molecular weight is 214 g/mol. The van der Waals surface area contributed by atoms with Crippen molar-refractivity contribution in [1.29, 1.82) is 0 Å². The van der Waals surface area contributed by atoms with Crippen LogP contribution in [0.4, 0.5) is 0 Å². The van der Waals surface area contributed by atoms with Gasteiger partial charge in [-0.3, -0.25) is 0 Å². The fourth-order valence-electron chi connectivity index (χ4n) is 1.38. The number of cyclic esters (lactones) is 1. The molecule has 0 aliphatic carbocycles. The number of ether oxygens (including phenoxy) is 3. The highest BCUT2D eigenvalue weighted by Gasteiger charge is 2.13. The molecule has 4 nitrogen and oxygen atoms in total. The first-order valence-electron chi connectivity index (χ1n) is 5.34. The maximum atomic E-state index is 10.7. The fraction of sp³-hybridized carbons (Fsp3) is 0.727. The van der Waals surface area contributed by atoms with Gasteiger partial charge in [-0.1, -0.05) is 0 Å². The van der Waals surface area contributed by atoms with E-state index in [1.807, 2.05) is 13.8 Å². The largest absolute Gasteiger partial charge is 0.494 e. The zero-order valence-electron chi connectivity index (χ0n) is 9.32. The standard InChI is InChI=1S/C11H18O4/c1-3-13-9(2)5-4-6-14-10-7-11(12)15-8-10/h7,9H,3-6,8H2,1-2H3. The van der Waals surface area contributed by atoms with Gasteiger partial charge in [0.1, 0.15) is 12.4 Å². The summed E-state index contributed by atoms with van der Waals surface area (Å²) in [5.74, 6) is 0.316. The third kappa shape index (κ3) is 4.83. The van der Waals surface area contributed by atoms with E-state index in [1.165, 1.54) is 6.08 Å². The van der Waals surface area contributed by atoms with Crippen molar-refractivity contribution in [2.75, 3.05) is 19.8 Å². The topological polar surface area (TPSA) is 44.8 Å². The maximum absolute atomic E-state index is 10.7. The molecule has 0 saturated heterocycles. The van der Waals surface area contributed by atoms with E-state index in [9.17, 15) is 4.79 Å². The highest BCUT2D eigenvalue weighted by Crippen LogP contribution is 2.09. The average Bonchev–Trinajstić information content (AvgIpc) is 2.60. The quantitative estimate of drug-likeness (QED) is 0.477.